The molecular formula is C19H23NO4. The highest BCUT2D eigenvalue weighted by Crippen LogP contribution is 2.39. The van der Waals surface area contributed by atoms with Crippen molar-refractivity contribution in [2.45, 2.75) is 33.6 Å². The van der Waals surface area contributed by atoms with Crippen LogP contribution in [0.15, 0.2) is 40.5 Å². The van der Waals surface area contributed by atoms with Crippen LogP contribution in [0.2, 0.25) is 0 Å². The number of allylic oxidation sites excluding steroid dienone is 1. The molecule has 0 aliphatic carbocycles. The first kappa shape index (κ1) is 17.9. The lowest BCUT2D eigenvalue weighted by molar-refractivity contribution is -0.139. The normalized spacial score (nSPS) is 20.4. The number of aliphatic imine (C=N–C) groups is 1. The zero-order chi connectivity index (χ0) is 17.7. The number of aldehydes is 1. The third-order valence-corrected chi connectivity index (χ3v) is 3.96. The lowest BCUT2D eigenvalue weighted by Gasteiger charge is -2.30. The molecule has 1 aliphatic rings. The Kier molecular flexibility index (Phi) is 5.90. The van der Waals surface area contributed by atoms with Crippen LogP contribution in [0.1, 0.15) is 37.8 Å². The predicted octanol–water partition coefficient (Wildman–Crippen LogP) is 3.18. The van der Waals surface area contributed by atoms with Gasteiger partial charge in [0, 0.05) is 5.92 Å². The summed E-state index contributed by atoms with van der Waals surface area (Å²) in [6.07, 6.45) is 0.799. The third-order valence-electron chi connectivity index (χ3n) is 3.96. The quantitative estimate of drug-likeness (QED) is 0.615. The Labute approximate surface area is 142 Å². The van der Waals surface area contributed by atoms with E-state index in [4.69, 9.17) is 9.47 Å². The summed E-state index contributed by atoms with van der Waals surface area (Å²) >= 11 is 0. The van der Waals surface area contributed by atoms with Gasteiger partial charge in [0.15, 0.2) is 5.90 Å². The number of nitrogens with zero attached hydrogens (tertiary/aromatic N) is 1. The summed E-state index contributed by atoms with van der Waals surface area (Å²) in [5.41, 5.74) is 2.88. The molecule has 1 heterocycles. The number of carbonyl (C=O) groups is 2. The molecular weight excluding hydrogens is 306 g/mol. The Balaban J connectivity index is 2.61. The smallest absolute Gasteiger partial charge is 0.336 e. The van der Waals surface area contributed by atoms with Gasteiger partial charge < -0.3 is 14.3 Å². The van der Waals surface area contributed by atoms with E-state index in [0.29, 0.717) is 23.8 Å². The van der Waals surface area contributed by atoms with Crippen molar-refractivity contribution in [2.75, 3.05) is 13.2 Å². The average Bonchev–Trinajstić information content (AvgIpc) is 2.54. The summed E-state index contributed by atoms with van der Waals surface area (Å²) in [6.45, 7) is 7.99. The lowest BCUT2D eigenvalue weighted by atomic mass is 9.78. The molecule has 0 fully saturated rings. The molecule has 2 rings (SSSR count). The van der Waals surface area contributed by atoms with Crippen LogP contribution in [-0.4, -0.2) is 31.4 Å². The first-order valence-corrected chi connectivity index (χ1v) is 8.14. The molecule has 0 amide bonds. The molecule has 0 N–H and O–H groups in total. The Hall–Kier alpha value is -2.43. The number of hydrogen-bond donors (Lipinski definition) is 0. The van der Waals surface area contributed by atoms with E-state index in [2.05, 4.69) is 4.99 Å². The number of benzene rings is 1. The van der Waals surface area contributed by atoms with Crippen LogP contribution in [0.4, 0.5) is 0 Å². The highest BCUT2D eigenvalue weighted by molar-refractivity contribution is 6.01. The highest BCUT2D eigenvalue weighted by atomic mass is 16.5. The minimum Gasteiger partial charge on any atom is -0.480 e. The number of aryl methyl sites for hydroxylation is 1. The van der Waals surface area contributed by atoms with E-state index in [-0.39, 0.29) is 6.61 Å². The van der Waals surface area contributed by atoms with E-state index < -0.39 is 17.8 Å². The van der Waals surface area contributed by atoms with Gasteiger partial charge in [0.05, 0.1) is 24.5 Å². The average molecular weight is 329 g/mol. The van der Waals surface area contributed by atoms with Gasteiger partial charge in [-0.1, -0.05) is 29.8 Å². The van der Waals surface area contributed by atoms with Crippen LogP contribution < -0.4 is 0 Å². The minimum absolute atomic E-state index is 0.268. The zero-order valence-electron chi connectivity index (χ0n) is 14.5. The Morgan fingerprint density at radius 1 is 1.25 bits per heavy atom. The van der Waals surface area contributed by atoms with E-state index >= 15 is 0 Å². The number of hydrogen-bond acceptors (Lipinski definition) is 5. The summed E-state index contributed by atoms with van der Waals surface area (Å²) in [5, 5.41) is 0. The van der Waals surface area contributed by atoms with Gasteiger partial charge >= 0.3 is 5.97 Å². The maximum Gasteiger partial charge on any atom is 0.336 e. The maximum absolute atomic E-state index is 12.5. The number of carbonyl (C=O) groups excluding carboxylic acids is 2. The van der Waals surface area contributed by atoms with Crippen LogP contribution in [-0.2, 0) is 19.1 Å². The molecule has 24 heavy (non-hydrogen) atoms. The number of ether oxygens (including phenoxy) is 2. The first-order valence-electron chi connectivity index (χ1n) is 8.14. The highest BCUT2D eigenvalue weighted by Gasteiger charge is 2.39. The van der Waals surface area contributed by atoms with Crippen molar-refractivity contribution in [3.05, 3.63) is 46.7 Å². The summed E-state index contributed by atoms with van der Waals surface area (Å²) in [5.74, 6) is -1.19. The molecule has 128 valence electrons. The monoisotopic (exact) mass is 329 g/mol. The molecule has 2 atom stereocenters. The number of esters is 1. The van der Waals surface area contributed by atoms with Gasteiger partial charge in [-0.3, -0.25) is 0 Å². The Morgan fingerprint density at radius 2 is 2.00 bits per heavy atom. The van der Waals surface area contributed by atoms with Crippen molar-refractivity contribution >= 4 is 18.2 Å². The van der Waals surface area contributed by atoms with Gasteiger partial charge in [-0.05, 0) is 33.3 Å². The molecule has 0 spiro atoms. The van der Waals surface area contributed by atoms with Gasteiger partial charge in [0.1, 0.15) is 12.2 Å². The first-order chi connectivity index (χ1) is 11.5. The number of rotatable bonds is 5. The van der Waals surface area contributed by atoms with Crippen LogP contribution in [0.5, 0.6) is 0 Å². The van der Waals surface area contributed by atoms with Crippen molar-refractivity contribution < 1.29 is 19.1 Å². The Bertz CT molecular complexity index is 690. The molecule has 0 aromatic heterocycles. The van der Waals surface area contributed by atoms with Crippen molar-refractivity contribution in [3.63, 3.8) is 0 Å². The largest absolute Gasteiger partial charge is 0.480 e. The van der Waals surface area contributed by atoms with Crippen LogP contribution in [0, 0.1) is 12.8 Å². The molecule has 0 bridgehead atoms. The van der Waals surface area contributed by atoms with Gasteiger partial charge in [0.2, 0.25) is 0 Å². The van der Waals surface area contributed by atoms with Crippen molar-refractivity contribution in [1.29, 1.82) is 0 Å². The molecule has 1 unspecified atom stereocenters. The van der Waals surface area contributed by atoms with Gasteiger partial charge in [-0.25, -0.2) is 9.79 Å². The topological polar surface area (TPSA) is 65.0 Å². The van der Waals surface area contributed by atoms with E-state index in [9.17, 15) is 9.59 Å². The molecule has 0 saturated heterocycles. The molecule has 5 heteroatoms. The summed E-state index contributed by atoms with van der Waals surface area (Å²) in [7, 11) is 0. The molecule has 0 saturated carbocycles. The molecule has 1 aromatic carbocycles. The van der Waals surface area contributed by atoms with Crippen molar-refractivity contribution in [2.24, 2.45) is 10.9 Å². The second-order valence-electron chi connectivity index (χ2n) is 5.66. The molecule has 5 nitrogen and oxygen atoms in total. The SMILES string of the molecule is CCOC(=O)C1=C(C)N=C(OCC)C(C=O)[C@@H]1c1cccc(C)c1. The van der Waals surface area contributed by atoms with Crippen molar-refractivity contribution in [1.82, 2.24) is 0 Å². The predicted molar refractivity (Wildman–Crippen MR) is 91.9 cm³/mol. The van der Waals surface area contributed by atoms with Crippen molar-refractivity contribution in [3.8, 4) is 0 Å². The van der Waals surface area contributed by atoms with Crippen LogP contribution in [0.3, 0.4) is 0 Å². The fourth-order valence-corrected chi connectivity index (χ4v) is 2.98. The minimum atomic E-state index is -0.644. The third kappa shape index (κ3) is 3.55. The van der Waals surface area contributed by atoms with E-state index in [1.165, 1.54) is 0 Å². The lowest BCUT2D eigenvalue weighted by Crippen LogP contribution is -2.34. The van der Waals surface area contributed by atoms with Gasteiger partial charge in [-0.2, -0.15) is 0 Å². The standard InChI is InChI=1S/C19H23NO4/c1-5-23-18-15(11-21)17(14-9-7-8-12(3)10-14)16(13(4)20-18)19(22)24-6-2/h7-11,15,17H,5-6H2,1-4H3/t15?,17-/m0/s1. The fraction of sp³-hybridized carbons (Fsp3) is 0.421. The second kappa shape index (κ2) is 7.90. The van der Waals surface area contributed by atoms with Crippen LogP contribution >= 0.6 is 0 Å². The van der Waals surface area contributed by atoms with E-state index in [1.807, 2.05) is 38.1 Å². The van der Waals surface area contributed by atoms with E-state index in [1.54, 1.807) is 13.8 Å². The Morgan fingerprint density at radius 3 is 2.58 bits per heavy atom. The summed E-state index contributed by atoms with van der Waals surface area (Å²) < 4.78 is 10.8. The second-order valence-corrected chi connectivity index (χ2v) is 5.66. The maximum atomic E-state index is 12.5. The van der Waals surface area contributed by atoms with Gasteiger partial charge in [0.25, 0.3) is 0 Å². The van der Waals surface area contributed by atoms with E-state index in [0.717, 1.165) is 17.4 Å². The molecule has 1 aliphatic heterocycles. The summed E-state index contributed by atoms with van der Waals surface area (Å²) in [6, 6.07) is 7.77. The molecule has 1 aromatic rings. The summed E-state index contributed by atoms with van der Waals surface area (Å²) in [4.78, 5) is 28.7. The van der Waals surface area contributed by atoms with Crippen LogP contribution in [0.25, 0.3) is 0 Å². The fourth-order valence-electron chi connectivity index (χ4n) is 2.98. The van der Waals surface area contributed by atoms with Gasteiger partial charge in [-0.15, -0.1) is 0 Å². The zero-order valence-corrected chi connectivity index (χ0v) is 14.5. The molecule has 0 radical (unpaired) electrons.